The number of hydrogen-bond donors (Lipinski definition) is 2. The molecule has 3 heterocycles. The first-order valence-corrected chi connectivity index (χ1v) is 10.2. The van der Waals surface area contributed by atoms with Gasteiger partial charge in [0.05, 0.1) is 12.2 Å². The highest BCUT2D eigenvalue weighted by Gasteiger charge is 2.28. The molecule has 10 heteroatoms. The fourth-order valence-corrected chi connectivity index (χ4v) is 4.36. The van der Waals surface area contributed by atoms with E-state index in [-0.39, 0.29) is 30.7 Å². The van der Waals surface area contributed by atoms with E-state index in [0.29, 0.717) is 24.6 Å². The van der Waals surface area contributed by atoms with Crippen LogP contribution < -0.4 is 16.6 Å². The fraction of sp³-hybridized carbons (Fsp3) is 0.500. The van der Waals surface area contributed by atoms with Crippen LogP contribution in [0.15, 0.2) is 21.9 Å². The molecular formula is C18H21N5O4S. The van der Waals surface area contributed by atoms with Crippen molar-refractivity contribution in [2.75, 3.05) is 11.9 Å². The van der Waals surface area contributed by atoms with Crippen LogP contribution in [0.2, 0.25) is 0 Å². The van der Waals surface area contributed by atoms with Gasteiger partial charge in [-0.05, 0) is 12.8 Å². The number of anilines is 1. The van der Waals surface area contributed by atoms with Crippen molar-refractivity contribution in [3.63, 3.8) is 0 Å². The number of thiazole rings is 1. The molecule has 2 amide bonds. The Morgan fingerprint density at radius 2 is 2.14 bits per heavy atom. The van der Waals surface area contributed by atoms with E-state index < -0.39 is 11.2 Å². The Morgan fingerprint density at radius 3 is 2.86 bits per heavy atom. The van der Waals surface area contributed by atoms with Gasteiger partial charge in [0.25, 0.3) is 5.56 Å². The Labute approximate surface area is 164 Å². The molecular weight excluding hydrogens is 382 g/mol. The molecule has 0 aromatic carbocycles. The second kappa shape index (κ2) is 7.70. The molecule has 1 aliphatic carbocycles. The van der Waals surface area contributed by atoms with Crippen LogP contribution >= 0.6 is 11.3 Å². The Kier molecular flexibility index (Phi) is 5.12. The molecule has 2 N–H and O–H groups in total. The Hall–Kier alpha value is -2.75. The molecule has 1 fully saturated rings. The van der Waals surface area contributed by atoms with Crippen LogP contribution in [0.25, 0.3) is 0 Å². The fourth-order valence-electron chi connectivity index (χ4n) is 3.33. The summed E-state index contributed by atoms with van der Waals surface area (Å²) < 4.78 is 1.31. The molecule has 4 rings (SSSR count). The molecule has 0 bridgehead atoms. The second-order valence-corrected chi connectivity index (χ2v) is 8.21. The molecule has 9 nitrogen and oxygen atoms in total. The third-order valence-corrected chi connectivity index (χ3v) is 6.25. The Morgan fingerprint density at radius 1 is 1.32 bits per heavy atom. The van der Waals surface area contributed by atoms with Crippen molar-refractivity contribution in [2.24, 2.45) is 5.92 Å². The molecule has 2 aromatic heterocycles. The monoisotopic (exact) mass is 403 g/mol. The molecule has 0 unspecified atom stereocenters. The summed E-state index contributed by atoms with van der Waals surface area (Å²) in [6, 6.07) is 1.26. The van der Waals surface area contributed by atoms with Crippen LogP contribution in [-0.4, -0.2) is 37.8 Å². The molecule has 0 radical (unpaired) electrons. The minimum absolute atomic E-state index is 0.0385. The van der Waals surface area contributed by atoms with Crippen molar-refractivity contribution in [3.8, 4) is 0 Å². The van der Waals surface area contributed by atoms with Crippen molar-refractivity contribution in [2.45, 2.75) is 45.2 Å². The van der Waals surface area contributed by atoms with E-state index in [4.69, 9.17) is 0 Å². The molecule has 28 heavy (non-hydrogen) atoms. The largest absolute Gasteiger partial charge is 0.337 e. The molecule has 1 saturated carbocycles. The number of rotatable bonds is 5. The van der Waals surface area contributed by atoms with Gasteiger partial charge in [0, 0.05) is 49.0 Å². The van der Waals surface area contributed by atoms with Crippen LogP contribution in [0.3, 0.4) is 0 Å². The molecule has 0 atom stereocenters. The van der Waals surface area contributed by atoms with E-state index in [1.165, 1.54) is 28.2 Å². The van der Waals surface area contributed by atoms with Gasteiger partial charge in [-0.1, -0.05) is 17.8 Å². The lowest BCUT2D eigenvalue weighted by Gasteiger charge is -2.26. The van der Waals surface area contributed by atoms with Crippen molar-refractivity contribution < 1.29 is 9.59 Å². The van der Waals surface area contributed by atoms with E-state index in [9.17, 15) is 19.2 Å². The zero-order valence-electron chi connectivity index (χ0n) is 15.3. The Bertz CT molecular complexity index is 1020. The van der Waals surface area contributed by atoms with Crippen molar-refractivity contribution in [1.29, 1.82) is 0 Å². The lowest BCUT2D eigenvalue weighted by molar-refractivity contribution is -0.132. The number of nitrogens with zero attached hydrogens (tertiary/aromatic N) is 3. The highest BCUT2D eigenvalue weighted by Crippen LogP contribution is 2.31. The number of nitrogens with one attached hydrogen (secondary N) is 2. The van der Waals surface area contributed by atoms with Crippen LogP contribution in [-0.2, 0) is 29.1 Å². The summed E-state index contributed by atoms with van der Waals surface area (Å²) in [4.78, 5) is 56.8. The molecule has 1 aliphatic heterocycles. The van der Waals surface area contributed by atoms with Gasteiger partial charge in [-0.2, -0.15) is 0 Å². The quantitative estimate of drug-likeness (QED) is 0.762. The number of aromatic amines is 1. The zero-order valence-corrected chi connectivity index (χ0v) is 16.1. The first kappa shape index (κ1) is 18.6. The lowest BCUT2D eigenvalue weighted by Crippen LogP contribution is -2.37. The maximum Gasteiger partial charge on any atom is 0.328 e. The number of hydrogen-bond acceptors (Lipinski definition) is 6. The normalized spacial score (nSPS) is 16.4. The SMILES string of the molecule is O=C(Nc1nc2c(s1)CN(C(=O)CCn1ccc(=O)[nH]c1=O)CC2)C1CCC1. The Balaban J connectivity index is 1.35. The summed E-state index contributed by atoms with van der Waals surface area (Å²) in [5.41, 5.74) is -0.0353. The zero-order chi connectivity index (χ0) is 19.7. The first-order valence-electron chi connectivity index (χ1n) is 9.36. The smallest absolute Gasteiger partial charge is 0.328 e. The van der Waals surface area contributed by atoms with E-state index in [1.807, 2.05) is 0 Å². The van der Waals surface area contributed by atoms with E-state index in [2.05, 4.69) is 15.3 Å². The third kappa shape index (κ3) is 3.91. The summed E-state index contributed by atoms with van der Waals surface area (Å²) in [5, 5.41) is 3.51. The van der Waals surface area contributed by atoms with Crippen molar-refractivity contribution >= 4 is 28.3 Å². The minimum Gasteiger partial charge on any atom is -0.337 e. The van der Waals surface area contributed by atoms with Gasteiger partial charge >= 0.3 is 5.69 Å². The van der Waals surface area contributed by atoms with Gasteiger partial charge in [0.2, 0.25) is 11.8 Å². The van der Waals surface area contributed by atoms with Gasteiger partial charge in [0.1, 0.15) is 0 Å². The van der Waals surface area contributed by atoms with Crippen LogP contribution in [0.1, 0.15) is 36.3 Å². The van der Waals surface area contributed by atoms with Crippen LogP contribution in [0.4, 0.5) is 5.13 Å². The lowest BCUT2D eigenvalue weighted by atomic mass is 9.85. The number of H-pyrrole nitrogens is 1. The standard InChI is InChI=1S/C18H21N5O4S/c24-14-5-8-22(18(27)20-14)9-6-15(25)23-7-4-12-13(10-23)28-17(19-12)21-16(26)11-2-1-3-11/h5,8,11H,1-4,6-7,9-10H2,(H,19,21,26)(H,20,24,27). The van der Waals surface area contributed by atoms with E-state index in [1.54, 1.807) is 4.90 Å². The van der Waals surface area contributed by atoms with Gasteiger partial charge in [0.15, 0.2) is 5.13 Å². The van der Waals surface area contributed by atoms with Crippen LogP contribution in [0.5, 0.6) is 0 Å². The number of fused-ring (bicyclic) bond motifs is 1. The molecule has 0 spiro atoms. The summed E-state index contributed by atoms with van der Waals surface area (Å²) in [5.74, 6) is 0.0872. The number of carbonyl (C=O) groups is 2. The number of aromatic nitrogens is 3. The maximum absolute atomic E-state index is 12.5. The number of amides is 2. The maximum atomic E-state index is 12.5. The van der Waals surface area contributed by atoms with Crippen LogP contribution in [0, 0.1) is 5.92 Å². The number of carbonyl (C=O) groups excluding carboxylic acids is 2. The average Bonchev–Trinajstić information content (AvgIpc) is 3.00. The second-order valence-electron chi connectivity index (χ2n) is 7.12. The van der Waals surface area contributed by atoms with Crippen molar-refractivity contribution in [1.82, 2.24) is 19.4 Å². The summed E-state index contributed by atoms with van der Waals surface area (Å²) >= 11 is 1.42. The summed E-state index contributed by atoms with van der Waals surface area (Å²) in [6.07, 6.45) is 5.20. The van der Waals surface area contributed by atoms with Gasteiger partial charge < -0.3 is 14.8 Å². The predicted molar refractivity (Wildman–Crippen MR) is 103 cm³/mol. The van der Waals surface area contributed by atoms with E-state index in [0.717, 1.165) is 29.8 Å². The van der Waals surface area contributed by atoms with Gasteiger partial charge in [-0.3, -0.25) is 19.4 Å². The first-order chi connectivity index (χ1) is 13.5. The summed E-state index contributed by atoms with van der Waals surface area (Å²) in [7, 11) is 0. The average molecular weight is 403 g/mol. The van der Waals surface area contributed by atoms with E-state index >= 15 is 0 Å². The third-order valence-electron chi connectivity index (χ3n) is 5.25. The minimum atomic E-state index is -0.518. The highest BCUT2D eigenvalue weighted by molar-refractivity contribution is 7.15. The molecule has 2 aromatic rings. The summed E-state index contributed by atoms with van der Waals surface area (Å²) in [6.45, 7) is 1.24. The number of aryl methyl sites for hydroxylation is 1. The molecule has 0 saturated heterocycles. The molecule has 2 aliphatic rings. The molecule has 148 valence electrons. The highest BCUT2D eigenvalue weighted by atomic mass is 32.1. The van der Waals surface area contributed by atoms with Crippen molar-refractivity contribution in [3.05, 3.63) is 43.7 Å². The van der Waals surface area contributed by atoms with Gasteiger partial charge in [-0.25, -0.2) is 9.78 Å². The predicted octanol–water partition coefficient (Wildman–Crippen LogP) is 0.707. The topological polar surface area (TPSA) is 117 Å². The van der Waals surface area contributed by atoms with Gasteiger partial charge in [-0.15, -0.1) is 0 Å².